The van der Waals surface area contributed by atoms with Gasteiger partial charge < -0.3 is 10.1 Å². The van der Waals surface area contributed by atoms with Gasteiger partial charge in [0.25, 0.3) is 0 Å². The van der Waals surface area contributed by atoms with Gasteiger partial charge in [-0.1, -0.05) is 6.07 Å². The minimum atomic E-state index is -3.41. The lowest BCUT2D eigenvalue weighted by molar-refractivity contribution is 0.123. The van der Waals surface area contributed by atoms with Crippen molar-refractivity contribution >= 4 is 10.0 Å². The maximum Gasteiger partial charge on any atom is 0.240 e. The van der Waals surface area contributed by atoms with E-state index in [1.807, 2.05) is 6.07 Å². The van der Waals surface area contributed by atoms with Gasteiger partial charge in [0, 0.05) is 32.8 Å². The number of ether oxygens (including phenoxy) is 1. The van der Waals surface area contributed by atoms with Gasteiger partial charge in [-0.15, -0.1) is 0 Å². The van der Waals surface area contributed by atoms with Gasteiger partial charge in [-0.05, 0) is 48.4 Å². The Morgan fingerprint density at radius 2 is 2.05 bits per heavy atom. The molecule has 1 heterocycles. The van der Waals surface area contributed by atoms with E-state index in [9.17, 15) is 8.42 Å². The molecule has 0 aromatic heterocycles. The van der Waals surface area contributed by atoms with Gasteiger partial charge in [0.2, 0.25) is 10.0 Å². The minimum absolute atomic E-state index is 0.351. The van der Waals surface area contributed by atoms with E-state index in [0.717, 1.165) is 31.2 Å². The molecule has 2 N–H and O–H groups in total. The molecule has 1 aromatic carbocycles. The van der Waals surface area contributed by atoms with Crippen LogP contribution in [0.3, 0.4) is 0 Å². The first kappa shape index (κ1) is 15.0. The average Bonchev–Trinajstić information content (AvgIpc) is 3.17. The highest BCUT2D eigenvalue weighted by molar-refractivity contribution is 7.89. The zero-order valence-electron chi connectivity index (χ0n) is 12.1. The Morgan fingerprint density at radius 3 is 2.86 bits per heavy atom. The van der Waals surface area contributed by atoms with Crippen LogP contribution in [0.15, 0.2) is 23.1 Å². The summed E-state index contributed by atoms with van der Waals surface area (Å²) in [5, 5.41) is 3.22. The summed E-state index contributed by atoms with van der Waals surface area (Å²) in [5.74, 6) is 0.752. The van der Waals surface area contributed by atoms with E-state index in [1.54, 1.807) is 12.1 Å². The molecule has 21 heavy (non-hydrogen) atoms. The van der Waals surface area contributed by atoms with Crippen LogP contribution in [-0.2, 0) is 27.8 Å². The van der Waals surface area contributed by atoms with Gasteiger partial charge in [0.05, 0.1) is 4.90 Å². The number of nitrogens with one attached hydrogen (secondary N) is 2. The van der Waals surface area contributed by atoms with E-state index in [0.29, 0.717) is 24.5 Å². The molecule has 0 atom stereocenters. The first-order valence-electron chi connectivity index (χ1n) is 7.55. The maximum atomic E-state index is 12.2. The number of fused-ring (bicyclic) bond motifs is 1. The van der Waals surface area contributed by atoms with Crippen molar-refractivity contribution in [2.75, 3.05) is 19.8 Å². The second-order valence-electron chi connectivity index (χ2n) is 5.80. The van der Waals surface area contributed by atoms with Gasteiger partial charge in [0.15, 0.2) is 0 Å². The normalized spacial score (nSPS) is 17.9. The van der Waals surface area contributed by atoms with Crippen LogP contribution in [-0.4, -0.2) is 28.2 Å². The maximum absolute atomic E-state index is 12.2. The number of benzene rings is 1. The molecule has 0 spiro atoms. The van der Waals surface area contributed by atoms with E-state index in [2.05, 4.69) is 10.0 Å². The number of hydrogen-bond donors (Lipinski definition) is 2. The molecule has 1 fully saturated rings. The Hall–Kier alpha value is -0.950. The molecule has 1 aliphatic carbocycles. The van der Waals surface area contributed by atoms with Crippen molar-refractivity contribution in [1.29, 1.82) is 0 Å². The van der Waals surface area contributed by atoms with Crippen molar-refractivity contribution in [2.45, 2.75) is 37.2 Å². The second-order valence-corrected chi connectivity index (χ2v) is 7.57. The summed E-state index contributed by atoms with van der Waals surface area (Å²) in [7, 11) is -3.41. The zero-order chi connectivity index (χ0) is 14.7. The molecule has 2 aliphatic rings. The van der Waals surface area contributed by atoms with Crippen molar-refractivity contribution < 1.29 is 13.2 Å². The predicted octanol–water partition coefficient (Wildman–Crippen LogP) is 1.38. The molecule has 0 amide bonds. The van der Waals surface area contributed by atoms with Crippen LogP contribution >= 0.6 is 0 Å². The molecule has 5 nitrogen and oxygen atoms in total. The van der Waals surface area contributed by atoms with Crippen molar-refractivity contribution in [2.24, 2.45) is 5.92 Å². The Balaban J connectivity index is 1.46. The monoisotopic (exact) mass is 310 g/mol. The van der Waals surface area contributed by atoms with E-state index >= 15 is 0 Å². The Kier molecular flexibility index (Phi) is 4.59. The smallest absolute Gasteiger partial charge is 0.240 e. The lowest BCUT2D eigenvalue weighted by Gasteiger charge is -2.08. The van der Waals surface area contributed by atoms with Crippen LogP contribution in [0.4, 0.5) is 0 Å². The van der Waals surface area contributed by atoms with E-state index in [4.69, 9.17) is 4.74 Å². The van der Waals surface area contributed by atoms with Crippen molar-refractivity contribution in [1.82, 2.24) is 10.0 Å². The SMILES string of the molecule is O=S(=O)(NCCCOCC1CC1)c1ccc2c(c1)CNC2. The number of sulfonamides is 1. The van der Waals surface area contributed by atoms with Gasteiger partial charge >= 0.3 is 0 Å². The molecule has 0 radical (unpaired) electrons. The Bertz CT molecular complexity index is 597. The summed E-state index contributed by atoms with van der Waals surface area (Å²) >= 11 is 0. The molecule has 6 heteroatoms. The first-order valence-corrected chi connectivity index (χ1v) is 9.03. The number of hydrogen-bond acceptors (Lipinski definition) is 4. The third-order valence-corrected chi connectivity index (χ3v) is 5.39. The molecular formula is C15H22N2O3S. The Labute approximate surface area is 126 Å². The van der Waals surface area contributed by atoms with Gasteiger partial charge in [-0.2, -0.15) is 0 Å². The summed E-state index contributed by atoms with van der Waals surface area (Å²) < 4.78 is 32.6. The lowest BCUT2D eigenvalue weighted by atomic mass is 10.1. The standard InChI is InChI=1S/C15H22N2O3S/c18-21(19,17-6-1-7-20-11-12-2-3-12)15-5-4-13-9-16-10-14(13)8-15/h4-5,8,12,16-17H,1-3,6-7,9-11H2. The molecule has 1 aliphatic heterocycles. The summed E-state index contributed by atoms with van der Waals surface area (Å²) in [4.78, 5) is 0.351. The topological polar surface area (TPSA) is 67.4 Å². The zero-order valence-corrected chi connectivity index (χ0v) is 12.9. The molecule has 116 valence electrons. The van der Waals surface area contributed by atoms with E-state index in [1.165, 1.54) is 18.4 Å². The van der Waals surface area contributed by atoms with Gasteiger partial charge in [0.1, 0.15) is 0 Å². The molecule has 1 saturated carbocycles. The highest BCUT2D eigenvalue weighted by Gasteiger charge is 2.21. The minimum Gasteiger partial charge on any atom is -0.381 e. The highest BCUT2D eigenvalue weighted by Crippen LogP contribution is 2.28. The first-order chi connectivity index (χ1) is 10.1. The fourth-order valence-electron chi connectivity index (χ4n) is 2.44. The Morgan fingerprint density at radius 1 is 1.24 bits per heavy atom. The third kappa shape index (κ3) is 4.03. The summed E-state index contributed by atoms with van der Waals surface area (Å²) in [6, 6.07) is 5.33. The quantitative estimate of drug-likeness (QED) is 0.712. The molecule has 1 aromatic rings. The lowest BCUT2D eigenvalue weighted by Crippen LogP contribution is -2.25. The van der Waals surface area contributed by atoms with E-state index < -0.39 is 10.0 Å². The largest absolute Gasteiger partial charge is 0.381 e. The molecule has 3 rings (SSSR count). The third-order valence-electron chi connectivity index (χ3n) is 3.93. The van der Waals surface area contributed by atoms with Crippen LogP contribution in [0, 0.1) is 5.92 Å². The van der Waals surface area contributed by atoms with Crippen molar-refractivity contribution in [3.05, 3.63) is 29.3 Å². The van der Waals surface area contributed by atoms with Crippen LogP contribution in [0.5, 0.6) is 0 Å². The summed E-state index contributed by atoms with van der Waals surface area (Å²) in [6.07, 6.45) is 3.26. The summed E-state index contributed by atoms with van der Waals surface area (Å²) in [6.45, 7) is 3.43. The second kappa shape index (κ2) is 6.44. The molecule has 0 bridgehead atoms. The summed E-state index contributed by atoms with van der Waals surface area (Å²) in [5.41, 5.74) is 2.26. The molecule has 0 saturated heterocycles. The fourth-order valence-corrected chi connectivity index (χ4v) is 3.56. The van der Waals surface area contributed by atoms with Crippen LogP contribution in [0.2, 0.25) is 0 Å². The van der Waals surface area contributed by atoms with Crippen LogP contribution in [0.25, 0.3) is 0 Å². The molecule has 0 unspecified atom stereocenters. The van der Waals surface area contributed by atoms with Crippen LogP contribution in [0.1, 0.15) is 30.4 Å². The van der Waals surface area contributed by atoms with Crippen molar-refractivity contribution in [3.63, 3.8) is 0 Å². The predicted molar refractivity (Wildman–Crippen MR) is 80.3 cm³/mol. The van der Waals surface area contributed by atoms with E-state index in [-0.39, 0.29) is 0 Å². The fraction of sp³-hybridized carbons (Fsp3) is 0.600. The average molecular weight is 310 g/mol. The van der Waals surface area contributed by atoms with Gasteiger partial charge in [-0.3, -0.25) is 0 Å². The highest BCUT2D eigenvalue weighted by atomic mass is 32.2. The van der Waals surface area contributed by atoms with Crippen molar-refractivity contribution in [3.8, 4) is 0 Å². The molecular weight excluding hydrogens is 288 g/mol. The van der Waals surface area contributed by atoms with Crippen LogP contribution < -0.4 is 10.0 Å². The van der Waals surface area contributed by atoms with Gasteiger partial charge in [-0.25, -0.2) is 13.1 Å². The number of rotatable bonds is 8.